The van der Waals surface area contributed by atoms with Crippen LogP contribution in [0.15, 0.2) is 29.3 Å². The summed E-state index contributed by atoms with van der Waals surface area (Å²) in [6, 6.07) is 9.09. The largest absolute Gasteiger partial charge is 0.374 e. The predicted molar refractivity (Wildman–Crippen MR) is 114 cm³/mol. The molecule has 0 bridgehead atoms. The van der Waals surface area contributed by atoms with Gasteiger partial charge in [-0.05, 0) is 57.7 Å². The average Bonchev–Trinajstić information content (AvgIpc) is 2.67. The molecule has 0 amide bonds. The van der Waals surface area contributed by atoms with E-state index in [0.29, 0.717) is 19.2 Å². The van der Waals surface area contributed by atoms with E-state index in [0.717, 1.165) is 12.5 Å². The lowest BCUT2D eigenvalue weighted by molar-refractivity contribution is 0.0657. The van der Waals surface area contributed by atoms with Crippen LogP contribution in [0.2, 0.25) is 0 Å². The molecule has 1 saturated heterocycles. The number of likely N-dealkylation sites (tertiary alicyclic amines) is 1. The van der Waals surface area contributed by atoms with Gasteiger partial charge in [0.05, 0.1) is 19.3 Å². The van der Waals surface area contributed by atoms with Crippen molar-refractivity contribution in [2.45, 2.75) is 72.3 Å². The standard InChI is InChI=1S/C22H38N4O/c1-5-13-26-14-11-21(12-15-26)25-22(23-6-2)24-16-19-7-9-20(10-8-19)17-27-18(3)4/h7-10,18,21H,5-6,11-17H2,1-4H3,(H2,23,24,25). The zero-order valence-corrected chi connectivity index (χ0v) is 17.6. The number of hydrogen-bond donors (Lipinski definition) is 2. The minimum absolute atomic E-state index is 0.261. The molecule has 0 spiro atoms. The van der Waals surface area contributed by atoms with Crippen LogP contribution in [0.5, 0.6) is 0 Å². The Kier molecular flexibility index (Phi) is 9.64. The summed E-state index contributed by atoms with van der Waals surface area (Å²) in [5.74, 6) is 0.929. The van der Waals surface area contributed by atoms with Gasteiger partial charge in [-0.2, -0.15) is 0 Å². The van der Waals surface area contributed by atoms with Crippen molar-refractivity contribution in [2.75, 3.05) is 26.2 Å². The molecule has 0 saturated carbocycles. The molecule has 27 heavy (non-hydrogen) atoms. The van der Waals surface area contributed by atoms with Crippen LogP contribution in [-0.4, -0.2) is 49.2 Å². The maximum Gasteiger partial charge on any atom is 0.191 e. The van der Waals surface area contributed by atoms with Crippen LogP contribution in [0.25, 0.3) is 0 Å². The molecule has 1 aromatic carbocycles. The minimum Gasteiger partial charge on any atom is -0.374 e. The highest BCUT2D eigenvalue weighted by atomic mass is 16.5. The number of guanidine groups is 1. The van der Waals surface area contributed by atoms with Gasteiger partial charge in [0.2, 0.25) is 0 Å². The highest BCUT2D eigenvalue weighted by Gasteiger charge is 2.19. The van der Waals surface area contributed by atoms with Crippen LogP contribution in [-0.2, 0) is 17.9 Å². The summed E-state index contributed by atoms with van der Waals surface area (Å²) in [5.41, 5.74) is 2.43. The van der Waals surface area contributed by atoms with Crippen LogP contribution in [0.4, 0.5) is 0 Å². The smallest absolute Gasteiger partial charge is 0.191 e. The third-order valence-electron chi connectivity index (χ3n) is 4.84. The number of rotatable bonds is 9. The number of benzene rings is 1. The molecule has 1 aliphatic heterocycles. The first kappa shape index (κ1) is 21.7. The molecule has 2 N–H and O–H groups in total. The Morgan fingerprint density at radius 3 is 2.41 bits per heavy atom. The lowest BCUT2D eigenvalue weighted by atomic mass is 10.1. The lowest BCUT2D eigenvalue weighted by Crippen LogP contribution is -2.48. The molecular formula is C22H38N4O. The van der Waals surface area contributed by atoms with E-state index >= 15 is 0 Å². The first-order valence-electron chi connectivity index (χ1n) is 10.6. The molecule has 1 fully saturated rings. The van der Waals surface area contributed by atoms with E-state index < -0.39 is 0 Å². The third kappa shape index (κ3) is 8.31. The highest BCUT2D eigenvalue weighted by molar-refractivity contribution is 5.80. The molecule has 5 nitrogen and oxygen atoms in total. The highest BCUT2D eigenvalue weighted by Crippen LogP contribution is 2.11. The Bertz CT molecular complexity index is 548. The fourth-order valence-electron chi connectivity index (χ4n) is 3.30. The second-order valence-electron chi connectivity index (χ2n) is 7.63. The molecule has 0 aliphatic carbocycles. The van der Waals surface area contributed by atoms with E-state index in [1.165, 1.54) is 50.0 Å². The molecule has 152 valence electrons. The van der Waals surface area contributed by atoms with Crippen molar-refractivity contribution in [3.8, 4) is 0 Å². The van der Waals surface area contributed by atoms with Gasteiger partial charge in [0.25, 0.3) is 0 Å². The summed E-state index contributed by atoms with van der Waals surface area (Å²) >= 11 is 0. The second-order valence-corrected chi connectivity index (χ2v) is 7.63. The van der Waals surface area contributed by atoms with Gasteiger partial charge < -0.3 is 20.3 Å². The van der Waals surface area contributed by atoms with Gasteiger partial charge in [-0.15, -0.1) is 0 Å². The second kappa shape index (κ2) is 12.0. The van der Waals surface area contributed by atoms with Crippen LogP contribution >= 0.6 is 0 Å². The van der Waals surface area contributed by atoms with Crippen LogP contribution in [0.3, 0.4) is 0 Å². The number of ether oxygens (including phenoxy) is 1. The quantitative estimate of drug-likeness (QED) is 0.513. The van der Waals surface area contributed by atoms with E-state index in [1.54, 1.807) is 0 Å². The molecule has 1 aliphatic rings. The number of nitrogens with one attached hydrogen (secondary N) is 2. The maximum absolute atomic E-state index is 5.65. The van der Waals surface area contributed by atoms with Gasteiger partial charge >= 0.3 is 0 Å². The third-order valence-corrected chi connectivity index (χ3v) is 4.84. The zero-order chi connectivity index (χ0) is 19.5. The summed E-state index contributed by atoms with van der Waals surface area (Å²) in [4.78, 5) is 7.35. The Morgan fingerprint density at radius 1 is 1.15 bits per heavy atom. The van der Waals surface area contributed by atoms with Crippen LogP contribution < -0.4 is 10.6 Å². The number of aliphatic imine (C=N–C) groups is 1. The van der Waals surface area contributed by atoms with E-state index in [2.05, 4.69) is 67.5 Å². The van der Waals surface area contributed by atoms with Crippen molar-refractivity contribution in [2.24, 2.45) is 4.99 Å². The van der Waals surface area contributed by atoms with E-state index in [4.69, 9.17) is 9.73 Å². The van der Waals surface area contributed by atoms with Gasteiger partial charge in [0.1, 0.15) is 0 Å². The van der Waals surface area contributed by atoms with Crippen molar-refractivity contribution >= 4 is 5.96 Å². The summed E-state index contributed by atoms with van der Waals surface area (Å²) in [6.45, 7) is 14.3. The minimum atomic E-state index is 0.261. The number of nitrogens with zero attached hydrogens (tertiary/aromatic N) is 2. The average molecular weight is 375 g/mol. The fourth-order valence-corrected chi connectivity index (χ4v) is 3.30. The Hall–Kier alpha value is -1.59. The molecule has 0 unspecified atom stereocenters. The molecule has 0 atom stereocenters. The SMILES string of the molecule is CCCN1CCC(NC(=NCc2ccc(COC(C)C)cc2)NCC)CC1. The van der Waals surface area contributed by atoms with Crippen molar-refractivity contribution < 1.29 is 4.74 Å². The first-order valence-corrected chi connectivity index (χ1v) is 10.6. The number of hydrogen-bond acceptors (Lipinski definition) is 3. The zero-order valence-electron chi connectivity index (χ0n) is 17.6. The molecule has 2 rings (SSSR count). The van der Waals surface area contributed by atoms with Crippen LogP contribution in [0.1, 0.15) is 58.1 Å². The van der Waals surface area contributed by atoms with Gasteiger partial charge in [-0.3, -0.25) is 0 Å². The van der Waals surface area contributed by atoms with Crippen molar-refractivity contribution in [3.63, 3.8) is 0 Å². The van der Waals surface area contributed by atoms with Crippen molar-refractivity contribution in [1.82, 2.24) is 15.5 Å². The van der Waals surface area contributed by atoms with E-state index in [-0.39, 0.29) is 6.10 Å². The topological polar surface area (TPSA) is 48.9 Å². The Balaban J connectivity index is 1.84. The van der Waals surface area contributed by atoms with E-state index in [9.17, 15) is 0 Å². The fraction of sp³-hybridized carbons (Fsp3) is 0.682. The lowest BCUT2D eigenvalue weighted by Gasteiger charge is -2.32. The Morgan fingerprint density at radius 2 is 1.81 bits per heavy atom. The molecular weight excluding hydrogens is 336 g/mol. The molecule has 5 heteroatoms. The Labute approximate surface area is 165 Å². The summed E-state index contributed by atoms with van der Waals surface area (Å²) in [6.07, 6.45) is 3.88. The molecule has 1 heterocycles. The first-order chi connectivity index (χ1) is 13.1. The predicted octanol–water partition coefficient (Wildman–Crippen LogP) is 3.54. The van der Waals surface area contributed by atoms with Crippen LogP contribution in [0, 0.1) is 0 Å². The van der Waals surface area contributed by atoms with E-state index in [1.807, 2.05) is 0 Å². The normalized spacial score (nSPS) is 16.7. The summed E-state index contributed by atoms with van der Waals surface area (Å²) in [7, 11) is 0. The van der Waals surface area contributed by atoms with Gasteiger partial charge in [-0.1, -0.05) is 31.2 Å². The molecule has 0 radical (unpaired) electrons. The van der Waals surface area contributed by atoms with Gasteiger partial charge in [0.15, 0.2) is 5.96 Å². The molecule has 1 aromatic rings. The summed E-state index contributed by atoms with van der Waals surface area (Å²) in [5, 5.41) is 7.01. The maximum atomic E-state index is 5.65. The van der Waals surface area contributed by atoms with Gasteiger partial charge in [0, 0.05) is 25.7 Å². The number of piperidine rings is 1. The van der Waals surface area contributed by atoms with Gasteiger partial charge in [-0.25, -0.2) is 4.99 Å². The monoisotopic (exact) mass is 374 g/mol. The van der Waals surface area contributed by atoms with Crippen molar-refractivity contribution in [3.05, 3.63) is 35.4 Å². The molecule has 0 aromatic heterocycles. The summed E-state index contributed by atoms with van der Waals surface area (Å²) < 4.78 is 5.65. The van der Waals surface area contributed by atoms with Crippen molar-refractivity contribution in [1.29, 1.82) is 0 Å².